The molecule has 0 atom stereocenters. The zero-order chi connectivity index (χ0) is 15.6. The number of nitrogens with one attached hydrogen (secondary N) is 1. The highest BCUT2D eigenvalue weighted by molar-refractivity contribution is 6.17. The molecule has 0 spiro atoms. The number of anilines is 1. The summed E-state index contributed by atoms with van der Waals surface area (Å²) < 4.78 is 13.4. The van der Waals surface area contributed by atoms with Crippen molar-refractivity contribution in [3.8, 4) is 6.07 Å². The smallest absolute Gasteiger partial charge is 0.277 e. The Balaban J connectivity index is 2.32. The first-order valence-corrected chi connectivity index (χ1v) is 6.13. The normalized spacial score (nSPS) is 14.2. The van der Waals surface area contributed by atoms with Crippen LogP contribution in [0.3, 0.4) is 0 Å². The molecule has 108 valence electrons. The molecular formula is C14H12FN3O3. The first kappa shape index (κ1) is 14.7. The van der Waals surface area contributed by atoms with Gasteiger partial charge in [-0.1, -0.05) is 0 Å². The summed E-state index contributed by atoms with van der Waals surface area (Å²) in [5.41, 5.74) is 0.672. The van der Waals surface area contributed by atoms with Crippen molar-refractivity contribution in [3.63, 3.8) is 0 Å². The molecular weight excluding hydrogens is 277 g/mol. The Kier molecular flexibility index (Phi) is 4.00. The SMILES string of the molecule is Cc1cc(F)cc(NC2=CC(=O)N(CCO)C2=O)c1C#N. The average molecular weight is 289 g/mol. The van der Waals surface area contributed by atoms with Gasteiger partial charge in [0.05, 0.1) is 24.4 Å². The van der Waals surface area contributed by atoms with Crippen LogP contribution in [0.1, 0.15) is 11.1 Å². The first-order chi connectivity index (χ1) is 9.97. The van der Waals surface area contributed by atoms with E-state index in [-0.39, 0.29) is 30.1 Å². The van der Waals surface area contributed by atoms with E-state index in [2.05, 4.69) is 5.32 Å². The summed E-state index contributed by atoms with van der Waals surface area (Å²) in [6.07, 6.45) is 1.05. The zero-order valence-electron chi connectivity index (χ0n) is 11.2. The van der Waals surface area contributed by atoms with Crippen molar-refractivity contribution in [2.24, 2.45) is 0 Å². The van der Waals surface area contributed by atoms with E-state index in [4.69, 9.17) is 10.4 Å². The van der Waals surface area contributed by atoms with E-state index < -0.39 is 17.6 Å². The van der Waals surface area contributed by atoms with Crippen molar-refractivity contribution in [2.75, 3.05) is 18.5 Å². The predicted molar refractivity (Wildman–Crippen MR) is 71.4 cm³/mol. The molecule has 0 saturated carbocycles. The lowest BCUT2D eigenvalue weighted by molar-refractivity contribution is -0.137. The molecule has 0 fully saturated rings. The number of aryl methyl sites for hydroxylation is 1. The van der Waals surface area contributed by atoms with Gasteiger partial charge in [-0.3, -0.25) is 14.5 Å². The van der Waals surface area contributed by atoms with Crippen LogP contribution >= 0.6 is 0 Å². The third-order valence-corrected chi connectivity index (χ3v) is 3.01. The van der Waals surface area contributed by atoms with E-state index in [1.54, 1.807) is 6.92 Å². The Hall–Kier alpha value is -2.72. The van der Waals surface area contributed by atoms with Gasteiger partial charge in [-0.2, -0.15) is 5.26 Å². The monoisotopic (exact) mass is 289 g/mol. The molecule has 2 rings (SSSR count). The minimum absolute atomic E-state index is 0.0602. The summed E-state index contributed by atoms with van der Waals surface area (Å²) in [6.45, 7) is 1.11. The van der Waals surface area contributed by atoms with Crippen molar-refractivity contribution < 1.29 is 19.1 Å². The van der Waals surface area contributed by atoms with Gasteiger partial charge >= 0.3 is 0 Å². The topological polar surface area (TPSA) is 93.4 Å². The molecule has 1 aromatic carbocycles. The molecule has 0 saturated heterocycles. The fourth-order valence-corrected chi connectivity index (χ4v) is 2.05. The van der Waals surface area contributed by atoms with Crippen LogP contribution in [0.4, 0.5) is 10.1 Å². The van der Waals surface area contributed by atoms with Crippen LogP contribution in [-0.4, -0.2) is 35.0 Å². The van der Waals surface area contributed by atoms with E-state index in [0.29, 0.717) is 5.56 Å². The third-order valence-electron chi connectivity index (χ3n) is 3.01. The quantitative estimate of drug-likeness (QED) is 0.794. The fraction of sp³-hybridized carbons (Fsp3) is 0.214. The number of nitrogens with zero attached hydrogens (tertiary/aromatic N) is 2. The van der Waals surface area contributed by atoms with Crippen LogP contribution in [0.2, 0.25) is 0 Å². The molecule has 2 N–H and O–H groups in total. The predicted octanol–water partition coefficient (Wildman–Crippen LogP) is 0.663. The maximum absolute atomic E-state index is 13.4. The highest BCUT2D eigenvalue weighted by Gasteiger charge is 2.31. The number of carbonyl (C=O) groups excluding carboxylic acids is 2. The number of rotatable bonds is 4. The number of benzene rings is 1. The second-order valence-corrected chi connectivity index (χ2v) is 4.46. The van der Waals surface area contributed by atoms with Gasteiger partial charge < -0.3 is 10.4 Å². The Bertz CT molecular complexity index is 691. The second kappa shape index (κ2) is 5.73. The van der Waals surface area contributed by atoms with Crippen LogP contribution in [0.15, 0.2) is 23.9 Å². The molecule has 0 aliphatic carbocycles. The molecule has 1 aliphatic heterocycles. The highest BCUT2D eigenvalue weighted by atomic mass is 19.1. The summed E-state index contributed by atoms with van der Waals surface area (Å²) in [6, 6.07) is 4.21. The van der Waals surface area contributed by atoms with E-state index in [1.165, 1.54) is 6.07 Å². The molecule has 1 aliphatic rings. The lowest BCUT2D eigenvalue weighted by Gasteiger charge is -2.14. The first-order valence-electron chi connectivity index (χ1n) is 6.13. The molecule has 1 heterocycles. The number of β-amino-alcohol motifs (C(OH)–C–C–N with tert-alkyl or cyclic N) is 1. The molecule has 7 heteroatoms. The van der Waals surface area contributed by atoms with Crippen molar-refractivity contribution >= 4 is 17.5 Å². The lowest BCUT2D eigenvalue weighted by atomic mass is 10.1. The van der Waals surface area contributed by atoms with Gasteiger partial charge in [0.15, 0.2) is 0 Å². The highest BCUT2D eigenvalue weighted by Crippen LogP contribution is 2.24. The number of imide groups is 1. The van der Waals surface area contributed by atoms with E-state index in [0.717, 1.165) is 17.0 Å². The van der Waals surface area contributed by atoms with E-state index >= 15 is 0 Å². The molecule has 21 heavy (non-hydrogen) atoms. The van der Waals surface area contributed by atoms with Crippen molar-refractivity contribution in [1.29, 1.82) is 5.26 Å². The number of aliphatic hydroxyl groups excluding tert-OH is 1. The van der Waals surface area contributed by atoms with Crippen molar-refractivity contribution in [1.82, 2.24) is 4.90 Å². The summed E-state index contributed by atoms with van der Waals surface area (Å²) in [5.74, 6) is -1.75. The van der Waals surface area contributed by atoms with Gasteiger partial charge in [-0.25, -0.2) is 4.39 Å². The number of amides is 2. The third kappa shape index (κ3) is 2.75. The maximum Gasteiger partial charge on any atom is 0.277 e. The zero-order valence-corrected chi connectivity index (χ0v) is 11.2. The minimum Gasteiger partial charge on any atom is -0.395 e. The number of carbonyl (C=O) groups is 2. The van der Waals surface area contributed by atoms with E-state index in [1.807, 2.05) is 6.07 Å². The Morgan fingerprint density at radius 1 is 1.43 bits per heavy atom. The largest absolute Gasteiger partial charge is 0.395 e. The minimum atomic E-state index is -0.625. The molecule has 0 unspecified atom stereocenters. The van der Waals surface area contributed by atoms with Crippen LogP contribution in [0.5, 0.6) is 0 Å². The molecule has 0 radical (unpaired) electrons. The Labute approximate surface area is 120 Å². The maximum atomic E-state index is 13.4. The number of hydrogen-bond acceptors (Lipinski definition) is 5. The number of aliphatic hydroxyl groups is 1. The standard InChI is InChI=1S/C14H12FN3O3/c1-8-4-9(15)5-11(10(8)7-16)17-12-6-13(20)18(2-3-19)14(12)21/h4-6,17,19H,2-3H2,1H3. The summed E-state index contributed by atoms with van der Waals surface area (Å²) in [7, 11) is 0. The molecule has 0 aromatic heterocycles. The summed E-state index contributed by atoms with van der Waals surface area (Å²) >= 11 is 0. The van der Waals surface area contributed by atoms with Gasteiger partial charge in [-0.15, -0.1) is 0 Å². The van der Waals surface area contributed by atoms with Crippen molar-refractivity contribution in [3.05, 3.63) is 40.8 Å². The fourth-order valence-electron chi connectivity index (χ4n) is 2.05. The molecule has 1 aromatic rings. The molecule has 0 bridgehead atoms. The van der Waals surface area contributed by atoms with Crippen LogP contribution < -0.4 is 5.32 Å². The number of nitriles is 1. The molecule has 6 nitrogen and oxygen atoms in total. The van der Waals surface area contributed by atoms with Crippen LogP contribution in [0, 0.1) is 24.1 Å². The number of hydrogen-bond donors (Lipinski definition) is 2. The number of halogens is 1. The van der Waals surface area contributed by atoms with Gasteiger partial charge in [0.25, 0.3) is 11.8 Å². The summed E-state index contributed by atoms with van der Waals surface area (Å²) in [5, 5.41) is 20.5. The lowest BCUT2D eigenvalue weighted by Crippen LogP contribution is -2.34. The van der Waals surface area contributed by atoms with Crippen LogP contribution in [-0.2, 0) is 9.59 Å². The second-order valence-electron chi connectivity index (χ2n) is 4.46. The van der Waals surface area contributed by atoms with Gasteiger partial charge in [-0.05, 0) is 24.6 Å². The van der Waals surface area contributed by atoms with Crippen molar-refractivity contribution in [2.45, 2.75) is 6.92 Å². The molecule has 2 amide bonds. The average Bonchev–Trinajstić information content (AvgIpc) is 2.66. The summed E-state index contributed by atoms with van der Waals surface area (Å²) in [4.78, 5) is 24.4. The Morgan fingerprint density at radius 3 is 2.76 bits per heavy atom. The van der Waals surface area contributed by atoms with Crippen LogP contribution in [0.25, 0.3) is 0 Å². The van der Waals surface area contributed by atoms with Gasteiger partial charge in [0.1, 0.15) is 17.6 Å². The van der Waals surface area contributed by atoms with E-state index in [9.17, 15) is 14.0 Å². The Morgan fingerprint density at radius 2 is 2.14 bits per heavy atom. The van der Waals surface area contributed by atoms with Gasteiger partial charge in [0, 0.05) is 6.08 Å². The van der Waals surface area contributed by atoms with Gasteiger partial charge in [0.2, 0.25) is 0 Å².